The zero-order valence-electron chi connectivity index (χ0n) is 11.6. The molecule has 0 saturated carbocycles. The summed E-state index contributed by atoms with van der Waals surface area (Å²) >= 11 is 0. The van der Waals surface area contributed by atoms with E-state index in [-0.39, 0.29) is 17.6 Å². The smallest absolute Gasteiger partial charge is 0.254 e. The molecule has 1 heterocycles. The summed E-state index contributed by atoms with van der Waals surface area (Å²) in [7, 11) is 0. The Labute approximate surface area is 114 Å². The quantitative estimate of drug-likeness (QED) is 0.911. The van der Waals surface area contributed by atoms with E-state index in [9.17, 15) is 9.90 Å². The monoisotopic (exact) mass is 263 g/mol. The first kappa shape index (κ1) is 13.9. The van der Waals surface area contributed by atoms with Crippen LogP contribution in [0.15, 0.2) is 18.2 Å². The molecule has 0 bridgehead atoms. The van der Waals surface area contributed by atoms with Gasteiger partial charge in [-0.15, -0.1) is 0 Å². The molecular weight excluding hydrogens is 242 g/mol. The van der Waals surface area contributed by atoms with Crippen LogP contribution in [-0.2, 0) is 4.74 Å². The van der Waals surface area contributed by atoms with Gasteiger partial charge in [-0.25, -0.2) is 0 Å². The molecule has 1 fully saturated rings. The Morgan fingerprint density at radius 3 is 2.74 bits per heavy atom. The molecule has 0 aliphatic carbocycles. The number of amides is 1. The second-order valence-electron chi connectivity index (χ2n) is 4.99. The predicted molar refractivity (Wildman–Crippen MR) is 73.5 cm³/mol. The van der Waals surface area contributed by atoms with E-state index in [1.165, 1.54) is 0 Å². The largest absolute Gasteiger partial charge is 0.508 e. The summed E-state index contributed by atoms with van der Waals surface area (Å²) < 4.78 is 5.25. The molecule has 1 N–H and O–H groups in total. The minimum Gasteiger partial charge on any atom is -0.508 e. The molecule has 1 unspecified atom stereocenters. The van der Waals surface area contributed by atoms with Gasteiger partial charge in [-0.1, -0.05) is 13.8 Å². The van der Waals surface area contributed by atoms with Gasteiger partial charge >= 0.3 is 0 Å². The molecule has 1 aliphatic rings. The number of phenolic OH excluding ortho intramolecular Hbond substituents is 1. The number of carbonyl (C=O) groups is 1. The van der Waals surface area contributed by atoms with E-state index in [1.807, 2.05) is 6.07 Å². The van der Waals surface area contributed by atoms with Crippen LogP contribution in [0.1, 0.15) is 42.1 Å². The lowest BCUT2D eigenvalue weighted by atomic mass is 9.95. The summed E-state index contributed by atoms with van der Waals surface area (Å²) in [6, 6.07) is 5.13. The molecule has 1 aromatic carbocycles. The average molecular weight is 263 g/mol. The third kappa shape index (κ3) is 3.07. The highest BCUT2D eigenvalue weighted by atomic mass is 16.5. The van der Waals surface area contributed by atoms with Gasteiger partial charge in [-0.2, -0.15) is 0 Å². The van der Waals surface area contributed by atoms with Crippen LogP contribution in [0.25, 0.3) is 0 Å². The third-order valence-electron chi connectivity index (χ3n) is 3.72. The molecule has 19 heavy (non-hydrogen) atoms. The molecule has 2 rings (SSSR count). The van der Waals surface area contributed by atoms with Crippen molar-refractivity contribution in [3.05, 3.63) is 29.3 Å². The topological polar surface area (TPSA) is 49.8 Å². The fourth-order valence-electron chi connectivity index (χ4n) is 2.25. The normalized spacial score (nSPS) is 17.3. The van der Waals surface area contributed by atoms with Crippen molar-refractivity contribution < 1.29 is 14.6 Å². The Bertz CT molecular complexity index is 453. The molecule has 1 aromatic rings. The number of phenols is 1. The van der Waals surface area contributed by atoms with Gasteiger partial charge in [0.1, 0.15) is 5.75 Å². The Morgan fingerprint density at radius 2 is 2.11 bits per heavy atom. The molecule has 0 aromatic heterocycles. The maximum absolute atomic E-state index is 12.4. The maximum Gasteiger partial charge on any atom is 0.254 e. The average Bonchev–Trinajstić information content (AvgIpc) is 2.47. The molecule has 1 saturated heterocycles. The fraction of sp³-hybridized carbons (Fsp3) is 0.533. The highest BCUT2D eigenvalue weighted by molar-refractivity contribution is 5.94. The van der Waals surface area contributed by atoms with Crippen LogP contribution in [-0.4, -0.2) is 42.2 Å². The fourth-order valence-corrected chi connectivity index (χ4v) is 2.25. The lowest BCUT2D eigenvalue weighted by molar-refractivity contribution is 0.0303. The van der Waals surface area contributed by atoms with Gasteiger partial charge in [0, 0.05) is 18.7 Å². The highest BCUT2D eigenvalue weighted by Gasteiger charge is 2.20. The molecule has 1 aliphatic heterocycles. The summed E-state index contributed by atoms with van der Waals surface area (Å²) in [6.07, 6.45) is 0.933. The van der Waals surface area contributed by atoms with Gasteiger partial charge in [0.25, 0.3) is 5.91 Å². The first-order valence-electron chi connectivity index (χ1n) is 6.83. The minimum atomic E-state index is 0.0212. The number of morpholine rings is 1. The number of benzene rings is 1. The van der Waals surface area contributed by atoms with Crippen molar-refractivity contribution in [2.24, 2.45) is 0 Å². The van der Waals surface area contributed by atoms with Gasteiger partial charge < -0.3 is 14.7 Å². The van der Waals surface area contributed by atoms with E-state index in [1.54, 1.807) is 17.0 Å². The summed E-state index contributed by atoms with van der Waals surface area (Å²) in [5.41, 5.74) is 1.50. The van der Waals surface area contributed by atoms with Crippen LogP contribution < -0.4 is 0 Å². The molecule has 0 spiro atoms. The summed E-state index contributed by atoms with van der Waals surface area (Å²) in [6.45, 7) is 6.60. The van der Waals surface area contributed by atoms with Gasteiger partial charge in [0.15, 0.2) is 0 Å². The Balaban J connectivity index is 2.22. The van der Waals surface area contributed by atoms with Gasteiger partial charge in [-0.3, -0.25) is 4.79 Å². The van der Waals surface area contributed by atoms with Crippen molar-refractivity contribution in [2.75, 3.05) is 26.3 Å². The van der Waals surface area contributed by atoms with E-state index < -0.39 is 0 Å². The predicted octanol–water partition coefficient (Wildman–Crippen LogP) is 2.38. The maximum atomic E-state index is 12.4. The van der Waals surface area contributed by atoms with Crippen molar-refractivity contribution in [3.63, 3.8) is 0 Å². The number of aromatic hydroxyl groups is 1. The van der Waals surface area contributed by atoms with Crippen molar-refractivity contribution in [3.8, 4) is 5.75 Å². The van der Waals surface area contributed by atoms with Crippen LogP contribution in [0, 0.1) is 0 Å². The number of hydrogen-bond donors (Lipinski definition) is 1. The minimum absolute atomic E-state index is 0.0212. The number of ether oxygens (including phenoxy) is 1. The lowest BCUT2D eigenvalue weighted by Crippen LogP contribution is -2.40. The summed E-state index contributed by atoms with van der Waals surface area (Å²) in [5, 5.41) is 9.88. The Morgan fingerprint density at radius 1 is 1.42 bits per heavy atom. The van der Waals surface area contributed by atoms with Crippen LogP contribution in [0.2, 0.25) is 0 Å². The number of rotatable bonds is 3. The van der Waals surface area contributed by atoms with E-state index in [4.69, 9.17) is 4.74 Å². The standard InChI is InChI=1S/C15H21NO3/c1-3-11(2)13-10-12(4-5-14(13)17)15(18)16-6-8-19-9-7-16/h4-5,10-11,17H,3,6-9H2,1-2H3. The molecule has 4 nitrogen and oxygen atoms in total. The van der Waals surface area contributed by atoms with Crippen molar-refractivity contribution in [1.82, 2.24) is 4.90 Å². The Kier molecular flexibility index (Phi) is 4.43. The zero-order chi connectivity index (χ0) is 13.8. The first-order chi connectivity index (χ1) is 9.13. The third-order valence-corrected chi connectivity index (χ3v) is 3.72. The second-order valence-corrected chi connectivity index (χ2v) is 4.99. The number of hydrogen-bond acceptors (Lipinski definition) is 3. The van der Waals surface area contributed by atoms with E-state index in [0.717, 1.165) is 12.0 Å². The summed E-state index contributed by atoms with van der Waals surface area (Å²) in [4.78, 5) is 14.2. The number of carbonyl (C=O) groups excluding carboxylic acids is 1. The van der Waals surface area contributed by atoms with Gasteiger partial charge in [0.05, 0.1) is 13.2 Å². The molecular formula is C15H21NO3. The van der Waals surface area contributed by atoms with Crippen molar-refractivity contribution in [2.45, 2.75) is 26.2 Å². The van der Waals surface area contributed by atoms with E-state index >= 15 is 0 Å². The van der Waals surface area contributed by atoms with Crippen molar-refractivity contribution in [1.29, 1.82) is 0 Å². The van der Waals surface area contributed by atoms with Crippen LogP contribution >= 0.6 is 0 Å². The van der Waals surface area contributed by atoms with Crippen LogP contribution in [0.3, 0.4) is 0 Å². The molecule has 4 heteroatoms. The molecule has 104 valence electrons. The summed E-state index contributed by atoms with van der Waals surface area (Å²) in [5.74, 6) is 0.540. The van der Waals surface area contributed by atoms with E-state index in [2.05, 4.69) is 13.8 Å². The van der Waals surface area contributed by atoms with Crippen LogP contribution in [0.5, 0.6) is 5.75 Å². The van der Waals surface area contributed by atoms with Gasteiger partial charge in [-0.05, 0) is 36.1 Å². The van der Waals surface area contributed by atoms with Crippen LogP contribution in [0.4, 0.5) is 0 Å². The molecule has 1 amide bonds. The highest BCUT2D eigenvalue weighted by Crippen LogP contribution is 2.29. The number of nitrogens with zero attached hydrogens (tertiary/aromatic N) is 1. The van der Waals surface area contributed by atoms with Crippen molar-refractivity contribution >= 4 is 5.91 Å². The van der Waals surface area contributed by atoms with Gasteiger partial charge in [0.2, 0.25) is 0 Å². The second kappa shape index (κ2) is 6.06. The molecule has 0 radical (unpaired) electrons. The molecule has 1 atom stereocenters. The SMILES string of the molecule is CCC(C)c1cc(C(=O)N2CCOCC2)ccc1O. The van der Waals surface area contributed by atoms with E-state index in [0.29, 0.717) is 31.9 Å². The lowest BCUT2D eigenvalue weighted by Gasteiger charge is -2.27. The first-order valence-corrected chi connectivity index (χ1v) is 6.83. The Hall–Kier alpha value is -1.55. The zero-order valence-corrected chi connectivity index (χ0v) is 11.6.